The molecule has 8 heteroatoms. The summed E-state index contributed by atoms with van der Waals surface area (Å²) in [6.07, 6.45) is 1.76. The quantitative estimate of drug-likeness (QED) is 0.799. The van der Waals surface area contributed by atoms with E-state index in [1.807, 2.05) is 13.0 Å². The fraction of sp³-hybridized carbons (Fsp3) is 0.353. The van der Waals surface area contributed by atoms with Crippen LogP contribution in [0.3, 0.4) is 0 Å². The standard InChI is InChI=1S/C17H18N4O4/c1-17(12-6-11(23-2)4-5-14(12)24-3)7-13(16(22)25-17)20-15-10(8-18)9-19-21-15/h4-6,9,13H,7H2,1-3H3,(H2,19,20,21). The van der Waals surface area contributed by atoms with E-state index in [4.69, 9.17) is 19.5 Å². The van der Waals surface area contributed by atoms with Crippen molar-refractivity contribution in [3.63, 3.8) is 0 Å². The molecule has 130 valence electrons. The van der Waals surface area contributed by atoms with E-state index in [1.165, 1.54) is 6.20 Å². The molecular formula is C17H18N4O4. The number of cyclic esters (lactones) is 1. The molecule has 8 nitrogen and oxygen atoms in total. The molecule has 2 atom stereocenters. The maximum absolute atomic E-state index is 12.4. The summed E-state index contributed by atoms with van der Waals surface area (Å²) in [6, 6.07) is 6.74. The van der Waals surface area contributed by atoms with Crippen molar-refractivity contribution >= 4 is 11.8 Å². The number of ether oxygens (including phenoxy) is 3. The molecule has 1 saturated heterocycles. The summed E-state index contributed by atoms with van der Waals surface area (Å²) in [5, 5.41) is 18.5. The summed E-state index contributed by atoms with van der Waals surface area (Å²) in [5.74, 6) is 1.23. The Kier molecular flexibility index (Phi) is 4.23. The highest BCUT2D eigenvalue weighted by Gasteiger charge is 2.46. The third-order valence-corrected chi connectivity index (χ3v) is 4.26. The monoisotopic (exact) mass is 342 g/mol. The van der Waals surface area contributed by atoms with Crippen LogP contribution < -0.4 is 14.8 Å². The topological polar surface area (TPSA) is 109 Å². The number of esters is 1. The zero-order valence-electron chi connectivity index (χ0n) is 14.1. The average molecular weight is 342 g/mol. The van der Waals surface area contributed by atoms with Gasteiger partial charge in [-0.05, 0) is 25.1 Å². The van der Waals surface area contributed by atoms with Gasteiger partial charge in [0.2, 0.25) is 0 Å². The molecule has 1 fully saturated rings. The van der Waals surface area contributed by atoms with E-state index in [0.717, 1.165) is 5.56 Å². The Morgan fingerprint density at radius 3 is 2.92 bits per heavy atom. The van der Waals surface area contributed by atoms with Crippen LogP contribution in [0.2, 0.25) is 0 Å². The molecular weight excluding hydrogens is 324 g/mol. The van der Waals surface area contributed by atoms with Crippen molar-refractivity contribution in [1.29, 1.82) is 5.26 Å². The van der Waals surface area contributed by atoms with Crippen molar-refractivity contribution < 1.29 is 19.0 Å². The number of rotatable bonds is 5. The smallest absolute Gasteiger partial charge is 0.329 e. The number of methoxy groups -OCH3 is 2. The molecule has 0 spiro atoms. The number of hydrogen-bond donors (Lipinski definition) is 2. The Labute approximate surface area is 144 Å². The van der Waals surface area contributed by atoms with Gasteiger partial charge in [0.05, 0.1) is 20.4 Å². The van der Waals surface area contributed by atoms with Crippen LogP contribution in [0.25, 0.3) is 0 Å². The van der Waals surface area contributed by atoms with E-state index in [1.54, 1.807) is 32.4 Å². The Morgan fingerprint density at radius 1 is 1.44 bits per heavy atom. The number of aromatic amines is 1. The van der Waals surface area contributed by atoms with Crippen LogP contribution in [-0.2, 0) is 15.1 Å². The molecule has 1 aromatic heterocycles. The second-order valence-electron chi connectivity index (χ2n) is 5.89. The molecule has 25 heavy (non-hydrogen) atoms. The minimum Gasteiger partial charge on any atom is -0.497 e. The maximum Gasteiger partial charge on any atom is 0.329 e. The lowest BCUT2D eigenvalue weighted by molar-refractivity contribution is -0.148. The number of anilines is 1. The van der Waals surface area contributed by atoms with E-state index in [-0.39, 0.29) is 0 Å². The van der Waals surface area contributed by atoms with Crippen LogP contribution in [0.4, 0.5) is 5.82 Å². The van der Waals surface area contributed by atoms with Crippen molar-refractivity contribution in [2.45, 2.75) is 25.0 Å². The lowest BCUT2D eigenvalue weighted by atomic mass is 9.90. The van der Waals surface area contributed by atoms with E-state index < -0.39 is 17.6 Å². The summed E-state index contributed by atoms with van der Waals surface area (Å²) in [4.78, 5) is 12.4. The molecule has 2 heterocycles. The molecule has 2 unspecified atom stereocenters. The predicted octanol–water partition coefficient (Wildman–Crippen LogP) is 1.94. The van der Waals surface area contributed by atoms with Crippen LogP contribution in [-0.4, -0.2) is 36.4 Å². The Bertz CT molecular complexity index is 841. The van der Waals surface area contributed by atoms with Crippen molar-refractivity contribution in [3.8, 4) is 17.6 Å². The van der Waals surface area contributed by atoms with Gasteiger partial charge in [-0.15, -0.1) is 0 Å². The number of benzene rings is 1. The van der Waals surface area contributed by atoms with Gasteiger partial charge < -0.3 is 19.5 Å². The van der Waals surface area contributed by atoms with Gasteiger partial charge in [-0.3, -0.25) is 5.10 Å². The number of hydrogen-bond acceptors (Lipinski definition) is 7. The highest BCUT2D eigenvalue weighted by atomic mass is 16.6. The van der Waals surface area contributed by atoms with Crippen LogP contribution in [0.1, 0.15) is 24.5 Å². The highest BCUT2D eigenvalue weighted by molar-refractivity contribution is 5.82. The lowest BCUT2D eigenvalue weighted by Crippen LogP contribution is -2.25. The van der Waals surface area contributed by atoms with Crippen molar-refractivity contribution in [3.05, 3.63) is 35.5 Å². The highest BCUT2D eigenvalue weighted by Crippen LogP contribution is 2.43. The third-order valence-electron chi connectivity index (χ3n) is 4.26. The molecule has 0 bridgehead atoms. The lowest BCUT2D eigenvalue weighted by Gasteiger charge is -2.25. The molecule has 2 aromatic rings. The number of carbonyl (C=O) groups excluding carboxylic acids is 1. The Balaban J connectivity index is 1.89. The molecule has 1 aromatic carbocycles. The number of nitrogens with zero attached hydrogens (tertiary/aromatic N) is 2. The summed E-state index contributed by atoms with van der Waals surface area (Å²) in [5.41, 5.74) is 0.166. The molecule has 2 N–H and O–H groups in total. The number of nitrogens with one attached hydrogen (secondary N) is 2. The van der Waals surface area contributed by atoms with Gasteiger partial charge in [0.15, 0.2) is 0 Å². The fourth-order valence-electron chi connectivity index (χ4n) is 2.97. The molecule has 1 aliphatic rings. The van der Waals surface area contributed by atoms with Crippen LogP contribution in [0.5, 0.6) is 11.5 Å². The van der Waals surface area contributed by atoms with E-state index in [2.05, 4.69) is 15.5 Å². The number of nitriles is 1. The minimum atomic E-state index is -0.887. The van der Waals surface area contributed by atoms with Gasteiger partial charge in [-0.1, -0.05) is 0 Å². The number of aromatic nitrogens is 2. The summed E-state index contributed by atoms with van der Waals surface area (Å²) in [6.45, 7) is 1.82. The van der Waals surface area contributed by atoms with Crippen LogP contribution >= 0.6 is 0 Å². The number of H-pyrrole nitrogens is 1. The summed E-state index contributed by atoms with van der Waals surface area (Å²) in [7, 11) is 3.13. The Hall–Kier alpha value is -3.21. The van der Waals surface area contributed by atoms with Crippen molar-refractivity contribution in [2.24, 2.45) is 0 Å². The maximum atomic E-state index is 12.4. The molecule has 0 saturated carbocycles. The molecule has 3 rings (SSSR count). The fourth-order valence-corrected chi connectivity index (χ4v) is 2.97. The normalized spacial score (nSPS) is 22.2. The van der Waals surface area contributed by atoms with Gasteiger partial charge in [0.25, 0.3) is 0 Å². The summed E-state index contributed by atoms with van der Waals surface area (Å²) < 4.78 is 16.3. The SMILES string of the molecule is COc1ccc(OC)c(C2(C)CC(Nc3[nH]ncc3C#N)C(=O)O2)c1. The first-order chi connectivity index (χ1) is 12.0. The molecule has 0 aliphatic carbocycles. The van der Waals surface area contributed by atoms with Gasteiger partial charge in [-0.25, -0.2) is 4.79 Å². The van der Waals surface area contributed by atoms with E-state index in [9.17, 15) is 4.79 Å². The first-order valence-corrected chi connectivity index (χ1v) is 7.66. The first-order valence-electron chi connectivity index (χ1n) is 7.66. The van der Waals surface area contributed by atoms with Gasteiger partial charge >= 0.3 is 5.97 Å². The first kappa shape index (κ1) is 16.6. The van der Waals surface area contributed by atoms with E-state index >= 15 is 0 Å². The Morgan fingerprint density at radius 2 is 2.24 bits per heavy atom. The molecule has 0 radical (unpaired) electrons. The zero-order valence-corrected chi connectivity index (χ0v) is 14.1. The van der Waals surface area contributed by atoms with Crippen LogP contribution in [0, 0.1) is 11.3 Å². The number of carbonyl (C=O) groups is 1. The van der Waals surface area contributed by atoms with Gasteiger partial charge in [0, 0.05) is 12.0 Å². The second-order valence-corrected chi connectivity index (χ2v) is 5.89. The predicted molar refractivity (Wildman–Crippen MR) is 88.3 cm³/mol. The zero-order chi connectivity index (χ0) is 18.0. The second kappa shape index (κ2) is 6.36. The molecule has 0 amide bonds. The largest absolute Gasteiger partial charge is 0.497 e. The minimum absolute atomic E-state index is 0.334. The molecule has 1 aliphatic heterocycles. The van der Waals surface area contributed by atoms with Crippen molar-refractivity contribution in [2.75, 3.05) is 19.5 Å². The summed E-state index contributed by atoms with van der Waals surface area (Å²) >= 11 is 0. The van der Waals surface area contributed by atoms with Gasteiger partial charge in [0.1, 0.15) is 40.6 Å². The van der Waals surface area contributed by atoms with Crippen molar-refractivity contribution in [1.82, 2.24) is 10.2 Å². The van der Waals surface area contributed by atoms with Gasteiger partial charge in [-0.2, -0.15) is 10.4 Å². The van der Waals surface area contributed by atoms with E-state index in [0.29, 0.717) is 29.3 Å². The average Bonchev–Trinajstić information content (AvgIpc) is 3.18. The van der Waals surface area contributed by atoms with Crippen LogP contribution in [0.15, 0.2) is 24.4 Å². The third kappa shape index (κ3) is 2.96.